The number of nitrogens with zero attached hydrogens (tertiary/aromatic N) is 4. The summed E-state index contributed by atoms with van der Waals surface area (Å²) in [5.74, 6) is -2.75. The number of aryl methyl sites for hydroxylation is 1. The number of halogens is 3. The third-order valence-electron chi connectivity index (χ3n) is 4.88. The lowest BCUT2D eigenvalue weighted by atomic mass is 9.86. The van der Waals surface area contributed by atoms with Crippen LogP contribution in [0.15, 0.2) is 24.3 Å². The number of aliphatic carboxylic acids is 1. The third kappa shape index (κ3) is 3.04. The van der Waals surface area contributed by atoms with Crippen molar-refractivity contribution in [3.63, 3.8) is 0 Å². The molecule has 1 N–H and O–H groups in total. The Morgan fingerprint density at radius 1 is 1.19 bits per heavy atom. The van der Waals surface area contributed by atoms with Crippen molar-refractivity contribution < 1.29 is 27.9 Å². The predicted molar refractivity (Wildman–Crippen MR) is 87.5 cm³/mol. The molecule has 1 unspecified atom stereocenters. The number of hydrogen-bond donors (Lipinski definition) is 1. The Hall–Kier alpha value is -2.91. The first-order valence-corrected chi connectivity index (χ1v) is 8.15. The predicted octanol–water partition coefficient (Wildman–Crippen LogP) is 2.36. The zero-order valence-electron chi connectivity index (χ0n) is 14.6. The molecule has 7 nitrogen and oxygen atoms in total. The van der Waals surface area contributed by atoms with E-state index in [4.69, 9.17) is 5.11 Å². The van der Waals surface area contributed by atoms with Gasteiger partial charge in [0.15, 0.2) is 11.1 Å². The highest BCUT2D eigenvalue weighted by atomic mass is 19.4. The van der Waals surface area contributed by atoms with Gasteiger partial charge in [-0.25, -0.2) is 4.68 Å². The van der Waals surface area contributed by atoms with E-state index in [1.54, 1.807) is 19.1 Å². The first-order chi connectivity index (χ1) is 12.6. The molecule has 1 aromatic heterocycles. The molecule has 2 heterocycles. The van der Waals surface area contributed by atoms with Crippen LogP contribution in [0.1, 0.15) is 28.2 Å². The maximum Gasteiger partial charge on any atom is 0.406 e. The fourth-order valence-corrected chi connectivity index (χ4v) is 3.12. The van der Waals surface area contributed by atoms with Crippen molar-refractivity contribution in [2.45, 2.75) is 26.4 Å². The molecule has 1 fully saturated rings. The van der Waals surface area contributed by atoms with Crippen molar-refractivity contribution >= 4 is 11.9 Å². The Balaban J connectivity index is 1.88. The number of amides is 1. The molecule has 10 heteroatoms. The van der Waals surface area contributed by atoms with E-state index in [0.29, 0.717) is 11.4 Å². The average molecular weight is 382 g/mol. The minimum atomic E-state index is -4.96. The van der Waals surface area contributed by atoms with Gasteiger partial charge in [0, 0.05) is 13.1 Å². The molecule has 0 radical (unpaired) electrons. The Morgan fingerprint density at radius 3 is 2.33 bits per heavy atom. The Bertz CT molecular complexity index is 892. The van der Waals surface area contributed by atoms with E-state index >= 15 is 0 Å². The molecule has 3 rings (SSSR count). The van der Waals surface area contributed by atoms with Gasteiger partial charge >= 0.3 is 12.1 Å². The molecular formula is C17H17F3N4O3. The third-order valence-corrected chi connectivity index (χ3v) is 4.88. The molecule has 27 heavy (non-hydrogen) atoms. The molecule has 1 amide bonds. The molecular weight excluding hydrogens is 365 g/mol. The van der Waals surface area contributed by atoms with Crippen LogP contribution in [0.2, 0.25) is 0 Å². The van der Waals surface area contributed by atoms with Gasteiger partial charge in [-0.3, -0.25) is 9.59 Å². The zero-order chi connectivity index (χ0) is 20.0. The van der Waals surface area contributed by atoms with Gasteiger partial charge in [0.25, 0.3) is 5.91 Å². The van der Waals surface area contributed by atoms with Gasteiger partial charge < -0.3 is 10.0 Å². The van der Waals surface area contributed by atoms with Crippen LogP contribution in [-0.2, 0) is 4.79 Å². The summed E-state index contributed by atoms with van der Waals surface area (Å²) in [5, 5.41) is 16.8. The molecule has 1 aromatic carbocycles. The maximum absolute atomic E-state index is 13.3. The number of benzene rings is 1. The van der Waals surface area contributed by atoms with E-state index in [1.165, 1.54) is 4.68 Å². The second-order valence-electron chi connectivity index (χ2n) is 6.63. The van der Waals surface area contributed by atoms with Crippen molar-refractivity contribution in [3.8, 4) is 5.69 Å². The number of aromatic nitrogens is 3. The van der Waals surface area contributed by atoms with Gasteiger partial charge in [-0.2, -0.15) is 13.2 Å². The van der Waals surface area contributed by atoms with Crippen LogP contribution >= 0.6 is 0 Å². The molecule has 1 saturated heterocycles. The maximum atomic E-state index is 13.3. The van der Waals surface area contributed by atoms with Crippen molar-refractivity contribution in [2.24, 2.45) is 5.41 Å². The minimum absolute atomic E-state index is 0.0982. The molecule has 1 aliphatic rings. The van der Waals surface area contributed by atoms with E-state index in [2.05, 4.69) is 10.3 Å². The largest absolute Gasteiger partial charge is 0.481 e. The van der Waals surface area contributed by atoms with E-state index in [1.807, 2.05) is 19.1 Å². The smallest absolute Gasteiger partial charge is 0.406 e. The van der Waals surface area contributed by atoms with Crippen LogP contribution in [0.5, 0.6) is 0 Å². The van der Waals surface area contributed by atoms with Crippen LogP contribution in [-0.4, -0.2) is 56.1 Å². The van der Waals surface area contributed by atoms with Gasteiger partial charge in [-0.05, 0) is 32.4 Å². The van der Waals surface area contributed by atoms with Crippen LogP contribution in [0.4, 0.5) is 13.2 Å². The molecule has 0 bridgehead atoms. The van der Waals surface area contributed by atoms with Gasteiger partial charge in [-0.15, -0.1) is 5.10 Å². The highest BCUT2D eigenvalue weighted by Gasteiger charge is 2.64. The first-order valence-electron chi connectivity index (χ1n) is 8.15. The second kappa shape index (κ2) is 6.36. The summed E-state index contributed by atoms with van der Waals surface area (Å²) in [4.78, 5) is 24.8. The van der Waals surface area contributed by atoms with Crippen molar-refractivity contribution in [3.05, 3.63) is 41.2 Å². The van der Waals surface area contributed by atoms with Crippen LogP contribution in [0, 0.1) is 19.3 Å². The molecule has 144 valence electrons. The molecule has 1 atom stereocenters. The average Bonchev–Trinajstić information content (AvgIpc) is 3.20. The van der Waals surface area contributed by atoms with Gasteiger partial charge in [0.1, 0.15) is 0 Å². The SMILES string of the molecule is Cc1ccc(-n2nnc(C(=O)N3CCC(C(=O)O)(C(F)(F)F)C3)c2C)cc1. The second-order valence-corrected chi connectivity index (χ2v) is 6.63. The summed E-state index contributed by atoms with van der Waals surface area (Å²) < 4.78 is 41.3. The number of hydrogen-bond acceptors (Lipinski definition) is 4. The monoisotopic (exact) mass is 382 g/mol. The molecule has 0 spiro atoms. The fraction of sp³-hybridized carbons (Fsp3) is 0.412. The highest BCUT2D eigenvalue weighted by molar-refractivity contribution is 5.94. The minimum Gasteiger partial charge on any atom is -0.481 e. The van der Waals surface area contributed by atoms with E-state index < -0.39 is 36.4 Å². The van der Waals surface area contributed by atoms with Crippen LogP contribution < -0.4 is 0 Å². The Kier molecular flexibility index (Phi) is 4.44. The molecule has 0 aliphatic carbocycles. The topological polar surface area (TPSA) is 88.3 Å². The lowest BCUT2D eigenvalue weighted by molar-refractivity contribution is -0.227. The van der Waals surface area contributed by atoms with E-state index in [0.717, 1.165) is 10.5 Å². The summed E-state index contributed by atoms with van der Waals surface area (Å²) in [7, 11) is 0. The number of carbonyl (C=O) groups is 2. The summed E-state index contributed by atoms with van der Waals surface area (Å²) in [6.45, 7) is 2.23. The molecule has 1 aliphatic heterocycles. The highest BCUT2D eigenvalue weighted by Crippen LogP contribution is 2.46. The Labute approximate surface area is 152 Å². The fourth-order valence-electron chi connectivity index (χ4n) is 3.12. The zero-order valence-corrected chi connectivity index (χ0v) is 14.6. The summed E-state index contributed by atoms with van der Waals surface area (Å²) in [6.07, 6.45) is -5.65. The quantitative estimate of drug-likeness (QED) is 0.881. The molecule has 0 saturated carbocycles. The first kappa shape index (κ1) is 18.9. The summed E-state index contributed by atoms with van der Waals surface area (Å²) >= 11 is 0. The lowest BCUT2D eigenvalue weighted by Crippen LogP contribution is -2.47. The van der Waals surface area contributed by atoms with Gasteiger partial charge in [0.05, 0.1) is 11.4 Å². The standard InChI is InChI=1S/C17H17F3N4O3/c1-10-3-5-12(6-4-10)24-11(2)13(21-22-24)14(25)23-8-7-16(9-23,15(26)27)17(18,19)20/h3-6H,7-9H2,1-2H3,(H,26,27). The van der Waals surface area contributed by atoms with Crippen molar-refractivity contribution in [1.29, 1.82) is 0 Å². The van der Waals surface area contributed by atoms with Crippen LogP contribution in [0.25, 0.3) is 5.69 Å². The number of carboxylic acids is 1. The number of rotatable bonds is 3. The number of likely N-dealkylation sites (tertiary alicyclic amines) is 1. The number of carboxylic acid groups (broad SMARTS) is 1. The Morgan fingerprint density at radius 2 is 1.81 bits per heavy atom. The van der Waals surface area contributed by atoms with Gasteiger partial charge in [0.2, 0.25) is 0 Å². The van der Waals surface area contributed by atoms with Crippen LogP contribution in [0.3, 0.4) is 0 Å². The summed E-state index contributed by atoms with van der Waals surface area (Å²) in [5.41, 5.74) is -1.00. The normalized spacial score (nSPS) is 20.1. The van der Waals surface area contributed by atoms with Gasteiger partial charge in [-0.1, -0.05) is 22.9 Å². The van der Waals surface area contributed by atoms with E-state index in [-0.39, 0.29) is 12.2 Å². The number of carbonyl (C=O) groups excluding carboxylic acids is 1. The number of alkyl halides is 3. The van der Waals surface area contributed by atoms with Crippen molar-refractivity contribution in [1.82, 2.24) is 19.9 Å². The molecule has 2 aromatic rings. The van der Waals surface area contributed by atoms with E-state index in [9.17, 15) is 22.8 Å². The summed E-state index contributed by atoms with van der Waals surface area (Å²) in [6, 6.07) is 7.26. The van der Waals surface area contributed by atoms with Crippen molar-refractivity contribution in [2.75, 3.05) is 13.1 Å². The lowest BCUT2D eigenvalue weighted by Gasteiger charge is -2.27.